The van der Waals surface area contributed by atoms with Gasteiger partial charge in [0.05, 0.1) is 32.0 Å². The van der Waals surface area contributed by atoms with E-state index in [1.165, 1.54) is 17.2 Å². The summed E-state index contributed by atoms with van der Waals surface area (Å²) in [5.41, 5.74) is 11.1. The molecule has 21 nitrogen and oxygen atoms in total. The van der Waals surface area contributed by atoms with Gasteiger partial charge in [-0.15, -0.1) is 0 Å². The standard InChI is InChI=1S/C21H27N10O11P/c22-15-9-16(25-4-24-15)30(5-26-9)19-13(35)11(33)7(40-19)1-2-39-43(37,38)42-14-12(34)8(3-32)41-20(14)31-6-27-10-17(31)28-21(23)29-18(10)36/h4-8,11-14,19-20,32-35H,1-3H2,(H,37,38)(H2,22,24,25)(H3,23,28,29,36)/t7-,8-,11-,12+,13-,14-,19-,20-/m1/s1. The van der Waals surface area contributed by atoms with Crippen LogP contribution in [0.5, 0.6) is 0 Å². The first kappa shape index (κ1) is 29.4. The maximum Gasteiger partial charge on any atom is 0.472 e. The topological polar surface area (TPSA) is 314 Å². The summed E-state index contributed by atoms with van der Waals surface area (Å²) in [7, 11) is -4.94. The molecule has 9 atom stereocenters. The number of phosphoric ester groups is 1. The number of aromatic nitrogens is 8. The van der Waals surface area contributed by atoms with Crippen LogP contribution >= 0.6 is 7.82 Å². The van der Waals surface area contributed by atoms with E-state index >= 15 is 0 Å². The van der Waals surface area contributed by atoms with Gasteiger partial charge in [-0.3, -0.25) is 28.0 Å². The molecule has 10 N–H and O–H groups in total. The minimum Gasteiger partial charge on any atom is -0.394 e. The van der Waals surface area contributed by atoms with Gasteiger partial charge in [0.2, 0.25) is 5.95 Å². The first-order valence-corrected chi connectivity index (χ1v) is 14.3. The van der Waals surface area contributed by atoms with Gasteiger partial charge in [-0.2, -0.15) is 4.98 Å². The number of H-pyrrole nitrogens is 1. The van der Waals surface area contributed by atoms with Crippen LogP contribution < -0.4 is 17.0 Å². The van der Waals surface area contributed by atoms with E-state index in [0.717, 1.165) is 10.9 Å². The quantitative estimate of drug-likeness (QED) is 0.0852. The van der Waals surface area contributed by atoms with E-state index in [1.54, 1.807) is 0 Å². The van der Waals surface area contributed by atoms with Gasteiger partial charge in [0, 0.05) is 6.42 Å². The smallest absolute Gasteiger partial charge is 0.394 e. The molecule has 0 spiro atoms. The minimum atomic E-state index is -4.94. The molecule has 0 radical (unpaired) electrons. The molecule has 1 unspecified atom stereocenters. The molecular weight excluding hydrogens is 599 g/mol. The van der Waals surface area contributed by atoms with Crippen molar-refractivity contribution in [2.45, 2.75) is 55.5 Å². The third-order valence-corrected chi connectivity index (χ3v) is 8.15. The number of nitrogens with one attached hydrogen (secondary N) is 1. The van der Waals surface area contributed by atoms with Gasteiger partial charge >= 0.3 is 7.82 Å². The van der Waals surface area contributed by atoms with E-state index in [1.807, 2.05) is 0 Å². The molecule has 232 valence electrons. The van der Waals surface area contributed by atoms with E-state index in [0.29, 0.717) is 0 Å². The summed E-state index contributed by atoms with van der Waals surface area (Å²) in [5, 5.41) is 41.5. The number of nitrogens with two attached hydrogens (primary N) is 2. The third kappa shape index (κ3) is 5.25. The second-order valence-electron chi connectivity index (χ2n) is 9.80. The Kier molecular flexibility index (Phi) is 7.62. The predicted octanol–water partition coefficient (Wildman–Crippen LogP) is -3.11. The van der Waals surface area contributed by atoms with Crippen molar-refractivity contribution in [1.29, 1.82) is 0 Å². The average Bonchev–Trinajstić information content (AvgIpc) is 3.71. The molecule has 22 heteroatoms. The summed E-state index contributed by atoms with van der Waals surface area (Å²) in [5.74, 6) is -0.131. The zero-order valence-electron chi connectivity index (χ0n) is 21.9. The number of imidazole rings is 2. The highest BCUT2D eigenvalue weighted by molar-refractivity contribution is 7.47. The molecule has 43 heavy (non-hydrogen) atoms. The predicted molar refractivity (Wildman–Crippen MR) is 140 cm³/mol. The number of aliphatic hydroxyl groups is 4. The molecule has 2 fully saturated rings. The lowest BCUT2D eigenvalue weighted by Crippen LogP contribution is -2.35. The molecule has 2 aliphatic heterocycles. The van der Waals surface area contributed by atoms with Gasteiger partial charge in [0.15, 0.2) is 35.1 Å². The summed E-state index contributed by atoms with van der Waals surface area (Å²) in [6, 6.07) is 0. The number of nitrogens with zero attached hydrogens (tertiary/aromatic N) is 7. The zero-order chi connectivity index (χ0) is 30.6. The Morgan fingerprint density at radius 1 is 0.953 bits per heavy atom. The SMILES string of the molecule is Nc1nc2c(ncn2[C@@H]2O[C@H](CO)[C@H](O)[C@H]2OP(=O)(O)OCC[C@H]2O[C@@H](n3cnc4c(N)ncnc43)[C@H](O)[C@@H]2O)c(=O)[nH]1. The average molecular weight is 626 g/mol. The number of phosphoric acid groups is 1. The highest BCUT2D eigenvalue weighted by Crippen LogP contribution is 2.49. The molecule has 0 bridgehead atoms. The number of hydrogen-bond acceptors (Lipinski definition) is 17. The summed E-state index contributed by atoms with van der Waals surface area (Å²) in [4.78, 5) is 44.9. The fourth-order valence-electron chi connectivity index (χ4n) is 5.06. The maximum absolute atomic E-state index is 12.9. The second kappa shape index (κ2) is 11.1. The van der Waals surface area contributed by atoms with Gasteiger partial charge in [-0.1, -0.05) is 0 Å². The molecule has 0 aromatic carbocycles. The summed E-state index contributed by atoms with van der Waals surface area (Å²) >= 11 is 0. The van der Waals surface area contributed by atoms with Gasteiger partial charge in [0.1, 0.15) is 42.4 Å². The van der Waals surface area contributed by atoms with E-state index in [2.05, 4.69) is 29.9 Å². The Hall–Kier alpha value is -3.63. The number of ether oxygens (including phenoxy) is 2. The number of aromatic amines is 1. The molecule has 4 aromatic rings. The molecule has 2 saturated heterocycles. The lowest BCUT2D eigenvalue weighted by molar-refractivity contribution is -0.0529. The third-order valence-electron chi connectivity index (χ3n) is 7.13. The van der Waals surface area contributed by atoms with Crippen molar-refractivity contribution in [3.8, 4) is 0 Å². The van der Waals surface area contributed by atoms with Crippen molar-refractivity contribution >= 4 is 41.9 Å². The van der Waals surface area contributed by atoms with Crippen molar-refractivity contribution in [2.24, 2.45) is 0 Å². The first-order chi connectivity index (χ1) is 20.5. The van der Waals surface area contributed by atoms with Gasteiger partial charge < -0.3 is 46.3 Å². The van der Waals surface area contributed by atoms with E-state index in [9.17, 15) is 34.7 Å². The summed E-state index contributed by atoms with van der Waals surface area (Å²) in [6.45, 7) is -1.17. The number of fused-ring (bicyclic) bond motifs is 2. The highest BCUT2D eigenvalue weighted by atomic mass is 31.2. The molecule has 6 rings (SSSR count). The van der Waals surface area contributed by atoms with Crippen molar-refractivity contribution in [2.75, 3.05) is 24.7 Å². The first-order valence-electron chi connectivity index (χ1n) is 12.8. The van der Waals surface area contributed by atoms with Crippen LogP contribution in [0.15, 0.2) is 23.8 Å². The van der Waals surface area contributed by atoms with Crippen LogP contribution in [-0.2, 0) is 23.1 Å². The molecule has 0 amide bonds. The van der Waals surface area contributed by atoms with E-state index < -0.39 is 75.7 Å². The lowest BCUT2D eigenvalue weighted by atomic mass is 10.1. The highest BCUT2D eigenvalue weighted by Gasteiger charge is 2.50. The maximum atomic E-state index is 12.9. The van der Waals surface area contributed by atoms with Crippen molar-refractivity contribution in [1.82, 2.24) is 39.0 Å². The van der Waals surface area contributed by atoms with Crippen LogP contribution in [0.3, 0.4) is 0 Å². The Balaban J connectivity index is 1.13. The van der Waals surface area contributed by atoms with Crippen LogP contribution in [0.4, 0.5) is 11.8 Å². The van der Waals surface area contributed by atoms with Crippen molar-refractivity contribution in [3.05, 3.63) is 29.3 Å². The Bertz CT molecular complexity index is 1750. The van der Waals surface area contributed by atoms with Crippen LogP contribution in [0.2, 0.25) is 0 Å². The van der Waals surface area contributed by atoms with Gasteiger partial charge in [-0.25, -0.2) is 24.5 Å². The number of anilines is 2. The summed E-state index contributed by atoms with van der Waals surface area (Å²) < 4.78 is 37.2. The molecule has 6 heterocycles. The van der Waals surface area contributed by atoms with Gasteiger partial charge in [-0.05, 0) is 0 Å². The van der Waals surface area contributed by atoms with Crippen LogP contribution in [0, 0.1) is 0 Å². The Morgan fingerprint density at radius 2 is 1.65 bits per heavy atom. The molecular formula is C21H27N10O11P. The monoisotopic (exact) mass is 626 g/mol. The minimum absolute atomic E-state index is 0.0698. The number of hydrogen-bond donors (Lipinski definition) is 8. The van der Waals surface area contributed by atoms with Crippen LogP contribution in [0.1, 0.15) is 18.9 Å². The number of nitrogen functional groups attached to an aromatic ring is 2. The molecule has 0 saturated carbocycles. The molecule has 0 aliphatic carbocycles. The number of aliphatic hydroxyl groups excluding tert-OH is 4. The van der Waals surface area contributed by atoms with Crippen molar-refractivity contribution < 1.29 is 48.4 Å². The summed E-state index contributed by atoms with van der Waals surface area (Å²) in [6.07, 6.45) is -7.35. The normalized spacial score (nSPS) is 30.8. The Labute approximate surface area is 239 Å². The second-order valence-corrected chi connectivity index (χ2v) is 11.2. The largest absolute Gasteiger partial charge is 0.472 e. The van der Waals surface area contributed by atoms with E-state index in [-0.39, 0.29) is 40.5 Å². The molecule has 2 aliphatic rings. The molecule has 4 aromatic heterocycles. The fraction of sp³-hybridized carbons (Fsp3) is 0.524. The Morgan fingerprint density at radius 3 is 2.40 bits per heavy atom. The van der Waals surface area contributed by atoms with Crippen molar-refractivity contribution in [3.63, 3.8) is 0 Å². The number of rotatable bonds is 9. The lowest BCUT2D eigenvalue weighted by Gasteiger charge is -2.24. The van der Waals surface area contributed by atoms with Gasteiger partial charge in [0.25, 0.3) is 5.56 Å². The van der Waals surface area contributed by atoms with Crippen LogP contribution in [0.25, 0.3) is 22.3 Å². The van der Waals surface area contributed by atoms with E-state index in [4.69, 9.17) is 30.0 Å². The fourth-order valence-corrected chi connectivity index (χ4v) is 5.99. The zero-order valence-corrected chi connectivity index (χ0v) is 22.8. The van der Waals surface area contributed by atoms with Crippen LogP contribution in [-0.4, -0.2) is 114 Å².